The normalized spacial score (nSPS) is 17.3. The van der Waals surface area contributed by atoms with Gasteiger partial charge >= 0.3 is 0 Å². The van der Waals surface area contributed by atoms with Crippen molar-refractivity contribution in [3.05, 3.63) is 59.2 Å². The molecule has 0 spiro atoms. The second-order valence-electron chi connectivity index (χ2n) is 7.29. The molecule has 1 heterocycles. The fraction of sp³-hybridized carbons (Fsp3) is 0.360. The Bertz CT molecular complexity index is 1030. The summed E-state index contributed by atoms with van der Waals surface area (Å²) in [5, 5.41) is 11.1. The summed E-state index contributed by atoms with van der Waals surface area (Å²) in [4.78, 5) is 27.3. The third-order valence-electron chi connectivity index (χ3n) is 5.32. The third kappa shape index (κ3) is 4.96. The van der Waals surface area contributed by atoms with Gasteiger partial charge in [-0.3, -0.25) is 9.59 Å². The zero-order valence-electron chi connectivity index (χ0n) is 19.3. The van der Waals surface area contributed by atoms with Crippen LogP contribution in [0.15, 0.2) is 48.0 Å². The molecule has 8 nitrogen and oxygen atoms in total. The van der Waals surface area contributed by atoms with E-state index in [1.165, 1.54) is 19.1 Å². The van der Waals surface area contributed by atoms with Crippen LogP contribution in [0.3, 0.4) is 0 Å². The number of methoxy groups -OCH3 is 2. The molecular weight excluding hydrogens is 426 g/mol. The molecule has 176 valence electrons. The number of amides is 1. The molecule has 0 unspecified atom stereocenters. The van der Waals surface area contributed by atoms with Gasteiger partial charge in [0, 0.05) is 19.2 Å². The first kappa shape index (κ1) is 24.1. The number of ketones is 1. The number of carbonyl (C=O) groups excluding carboxylic acids is 2. The molecule has 1 fully saturated rings. The molecule has 1 amide bonds. The Kier molecular flexibility index (Phi) is 7.95. The zero-order chi connectivity index (χ0) is 24.0. The number of nitrogens with zero attached hydrogens (tertiary/aromatic N) is 1. The molecule has 1 atom stereocenters. The van der Waals surface area contributed by atoms with E-state index in [2.05, 4.69) is 0 Å². The van der Waals surface area contributed by atoms with Crippen molar-refractivity contribution in [2.45, 2.75) is 19.9 Å². The van der Waals surface area contributed by atoms with E-state index in [-0.39, 0.29) is 24.5 Å². The van der Waals surface area contributed by atoms with Crippen molar-refractivity contribution in [2.75, 3.05) is 40.6 Å². The van der Waals surface area contributed by atoms with Crippen LogP contribution < -0.4 is 14.2 Å². The monoisotopic (exact) mass is 455 g/mol. The number of benzene rings is 2. The van der Waals surface area contributed by atoms with Gasteiger partial charge in [0.2, 0.25) is 0 Å². The maximum atomic E-state index is 13.0. The summed E-state index contributed by atoms with van der Waals surface area (Å²) in [6.07, 6.45) is 0. The smallest absolute Gasteiger partial charge is 0.295 e. The number of aliphatic hydroxyl groups excluding tert-OH is 1. The van der Waals surface area contributed by atoms with Crippen molar-refractivity contribution in [3.8, 4) is 17.2 Å². The molecule has 0 radical (unpaired) electrons. The topological polar surface area (TPSA) is 94.5 Å². The highest BCUT2D eigenvalue weighted by atomic mass is 16.5. The summed E-state index contributed by atoms with van der Waals surface area (Å²) in [7, 11) is 3.04. The van der Waals surface area contributed by atoms with Crippen LogP contribution in [-0.2, 0) is 14.3 Å². The van der Waals surface area contributed by atoms with E-state index >= 15 is 0 Å². The maximum Gasteiger partial charge on any atom is 0.295 e. The SMILES string of the molecule is CCOc1ccc(/C(O)=C2\C(=O)C(=O)N(CCOC)[C@H]2c2ccc(OCC)c(OC)c2)cc1. The summed E-state index contributed by atoms with van der Waals surface area (Å²) in [5.74, 6) is -0.0545. The minimum atomic E-state index is -0.809. The lowest BCUT2D eigenvalue weighted by Gasteiger charge is -2.25. The van der Waals surface area contributed by atoms with Crippen molar-refractivity contribution >= 4 is 17.4 Å². The second-order valence-corrected chi connectivity index (χ2v) is 7.29. The van der Waals surface area contributed by atoms with Crippen LogP contribution in [0.5, 0.6) is 17.2 Å². The van der Waals surface area contributed by atoms with Gasteiger partial charge in [-0.05, 0) is 55.8 Å². The Morgan fingerprint density at radius 3 is 2.27 bits per heavy atom. The summed E-state index contributed by atoms with van der Waals surface area (Å²) in [6.45, 7) is 5.13. The molecule has 0 aromatic heterocycles. The third-order valence-corrected chi connectivity index (χ3v) is 5.32. The van der Waals surface area contributed by atoms with Crippen LogP contribution in [0.1, 0.15) is 31.0 Å². The van der Waals surface area contributed by atoms with E-state index < -0.39 is 17.7 Å². The number of likely N-dealkylation sites (tertiary alicyclic amines) is 1. The molecular formula is C25H29NO7. The van der Waals surface area contributed by atoms with Gasteiger partial charge < -0.3 is 29.0 Å². The van der Waals surface area contributed by atoms with Gasteiger partial charge in [0.15, 0.2) is 11.5 Å². The van der Waals surface area contributed by atoms with E-state index in [4.69, 9.17) is 18.9 Å². The molecule has 0 bridgehead atoms. The Morgan fingerprint density at radius 2 is 1.67 bits per heavy atom. The van der Waals surface area contributed by atoms with Crippen LogP contribution in [0.25, 0.3) is 5.76 Å². The van der Waals surface area contributed by atoms with Crippen molar-refractivity contribution in [3.63, 3.8) is 0 Å². The summed E-state index contributed by atoms with van der Waals surface area (Å²) in [5.41, 5.74) is 1.02. The average molecular weight is 456 g/mol. The lowest BCUT2D eigenvalue weighted by Crippen LogP contribution is -2.32. The number of Topliss-reactive ketones (excluding diaryl/α,β-unsaturated/α-hetero) is 1. The molecule has 2 aromatic rings. The predicted molar refractivity (Wildman–Crippen MR) is 123 cm³/mol. The summed E-state index contributed by atoms with van der Waals surface area (Å²) in [6, 6.07) is 11.1. The van der Waals surface area contributed by atoms with Crippen LogP contribution >= 0.6 is 0 Å². The quantitative estimate of drug-likeness (QED) is 0.333. The van der Waals surface area contributed by atoms with E-state index in [0.717, 1.165) is 0 Å². The van der Waals surface area contributed by atoms with Gasteiger partial charge in [-0.15, -0.1) is 0 Å². The Labute approximate surface area is 193 Å². The highest BCUT2D eigenvalue weighted by molar-refractivity contribution is 6.46. The van der Waals surface area contributed by atoms with E-state index in [1.807, 2.05) is 13.8 Å². The highest BCUT2D eigenvalue weighted by Gasteiger charge is 2.46. The first-order valence-electron chi connectivity index (χ1n) is 10.8. The van der Waals surface area contributed by atoms with E-state index in [1.54, 1.807) is 42.5 Å². The first-order valence-corrected chi connectivity index (χ1v) is 10.8. The number of hydrogen-bond donors (Lipinski definition) is 1. The molecule has 1 saturated heterocycles. The van der Waals surface area contributed by atoms with Crippen molar-refractivity contribution < 1.29 is 33.6 Å². The maximum absolute atomic E-state index is 13.0. The van der Waals surface area contributed by atoms with E-state index in [9.17, 15) is 14.7 Å². The lowest BCUT2D eigenvalue weighted by molar-refractivity contribution is -0.140. The molecule has 33 heavy (non-hydrogen) atoms. The Hall–Kier alpha value is -3.52. The average Bonchev–Trinajstić information content (AvgIpc) is 3.08. The Morgan fingerprint density at radius 1 is 0.970 bits per heavy atom. The molecule has 8 heteroatoms. The molecule has 1 aliphatic heterocycles. The van der Waals surface area contributed by atoms with E-state index in [0.29, 0.717) is 41.6 Å². The minimum absolute atomic E-state index is 0.00600. The number of aliphatic hydroxyl groups is 1. The van der Waals surface area contributed by atoms with Crippen molar-refractivity contribution in [1.29, 1.82) is 0 Å². The number of rotatable bonds is 10. The largest absolute Gasteiger partial charge is 0.507 e. The second kappa shape index (κ2) is 10.9. The molecule has 1 aliphatic rings. The first-order chi connectivity index (χ1) is 16.0. The highest BCUT2D eigenvalue weighted by Crippen LogP contribution is 2.42. The number of ether oxygens (including phenoxy) is 4. The van der Waals surface area contributed by atoms with Gasteiger partial charge in [0.25, 0.3) is 11.7 Å². The fourth-order valence-corrected chi connectivity index (χ4v) is 3.81. The van der Waals surface area contributed by atoms with Crippen LogP contribution in [0.2, 0.25) is 0 Å². The standard InChI is InChI=1S/C25H29NO7/c1-5-32-18-10-7-16(8-11-18)23(27)21-22(26(13-14-30-3)25(29)24(21)28)17-9-12-19(33-6-2)20(15-17)31-4/h7-12,15,22,27H,5-6,13-14H2,1-4H3/b23-21+/t22-/m0/s1. The van der Waals surface area contributed by atoms with Crippen molar-refractivity contribution in [1.82, 2.24) is 4.90 Å². The van der Waals surface area contributed by atoms with Gasteiger partial charge in [0.05, 0.1) is 38.5 Å². The zero-order valence-corrected chi connectivity index (χ0v) is 19.3. The predicted octanol–water partition coefficient (Wildman–Crippen LogP) is 3.56. The molecule has 0 aliphatic carbocycles. The number of hydrogen-bond acceptors (Lipinski definition) is 7. The van der Waals surface area contributed by atoms with Crippen LogP contribution in [-0.4, -0.2) is 62.3 Å². The van der Waals surface area contributed by atoms with Crippen LogP contribution in [0.4, 0.5) is 0 Å². The summed E-state index contributed by atoms with van der Waals surface area (Å²) >= 11 is 0. The molecule has 2 aromatic carbocycles. The van der Waals surface area contributed by atoms with Crippen molar-refractivity contribution in [2.24, 2.45) is 0 Å². The van der Waals surface area contributed by atoms with Gasteiger partial charge in [0.1, 0.15) is 11.5 Å². The Balaban J connectivity index is 2.13. The molecule has 0 saturated carbocycles. The molecule has 1 N–H and O–H groups in total. The van der Waals surface area contributed by atoms with Crippen LogP contribution in [0, 0.1) is 0 Å². The number of carbonyl (C=O) groups is 2. The lowest BCUT2D eigenvalue weighted by atomic mass is 9.95. The van der Waals surface area contributed by atoms with Gasteiger partial charge in [-0.1, -0.05) is 6.07 Å². The van der Waals surface area contributed by atoms with Gasteiger partial charge in [-0.2, -0.15) is 0 Å². The fourth-order valence-electron chi connectivity index (χ4n) is 3.81. The molecule has 3 rings (SSSR count). The van der Waals surface area contributed by atoms with Gasteiger partial charge in [-0.25, -0.2) is 0 Å². The minimum Gasteiger partial charge on any atom is -0.507 e. The summed E-state index contributed by atoms with van der Waals surface area (Å²) < 4.78 is 21.6.